The van der Waals surface area contributed by atoms with Gasteiger partial charge in [-0.3, -0.25) is 4.55 Å². The first kappa shape index (κ1) is 14.4. The number of hydrogen-bond donors (Lipinski definition) is 1. The van der Waals surface area contributed by atoms with Crippen LogP contribution in [0.2, 0.25) is 19.1 Å². The molecule has 17 heavy (non-hydrogen) atoms. The number of rotatable bonds is 3. The van der Waals surface area contributed by atoms with Gasteiger partial charge in [0.25, 0.3) is 10.1 Å². The summed E-state index contributed by atoms with van der Waals surface area (Å²) >= 11 is 0. The molecular weight excluding hydrogens is 252 g/mol. The van der Waals surface area contributed by atoms with Crippen LogP contribution in [0.4, 0.5) is 0 Å². The van der Waals surface area contributed by atoms with Gasteiger partial charge in [-0.15, -0.1) is 0 Å². The molecule has 1 rings (SSSR count). The van der Waals surface area contributed by atoms with Gasteiger partial charge in [0.2, 0.25) is 0 Å². The first-order valence-electron chi connectivity index (χ1n) is 5.69. The standard InChI is InChI=1S/C12H20O3SSi/c1-6-17(4,5)12-10(3)7-9(2)8-11(12)16(13,14)15/h7-8H,6H2,1-5H3,(H,13,14,15). The highest BCUT2D eigenvalue weighted by Crippen LogP contribution is 2.20. The average Bonchev–Trinajstić information content (AvgIpc) is 2.14. The van der Waals surface area contributed by atoms with Crippen molar-refractivity contribution in [3.8, 4) is 0 Å². The Morgan fingerprint density at radius 2 is 1.76 bits per heavy atom. The van der Waals surface area contributed by atoms with Gasteiger partial charge in [0.15, 0.2) is 0 Å². The molecule has 1 N–H and O–H groups in total. The van der Waals surface area contributed by atoms with Gasteiger partial charge in [-0.25, -0.2) is 0 Å². The van der Waals surface area contributed by atoms with E-state index in [1.807, 2.05) is 19.9 Å². The van der Waals surface area contributed by atoms with Crippen LogP contribution in [0.3, 0.4) is 0 Å². The van der Waals surface area contributed by atoms with Crippen LogP contribution in [-0.4, -0.2) is 21.0 Å². The van der Waals surface area contributed by atoms with E-state index in [2.05, 4.69) is 20.0 Å². The maximum Gasteiger partial charge on any atom is 0.294 e. The molecule has 1 aromatic carbocycles. The quantitative estimate of drug-likeness (QED) is 0.679. The van der Waals surface area contributed by atoms with Gasteiger partial charge in [0, 0.05) is 0 Å². The number of benzene rings is 1. The van der Waals surface area contributed by atoms with Crippen LogP contribution in [0.5, 0.6) is 0 Å². The Bertz CT molecular complexity index is 533. The molecule has 0 fully saturated rings. The maximum absolute atomic E-state index is 11.5. The second-order valence-electron chi connectivity index (χ2n) is 5.17. The lowest BCUT2D eigenvalue weighted by molar-refractivity contribution is 0.483. The molecule has 0 saturated heterocycles. The molecule has 0 amide bonds. The summed E-state index contributed by atoms with van der Waals surface area (Å²) in [5.74, 6) is 0. The molecule has 0 heterocycles. The van der Waals surface area contributed by atoms with Crippen molar-refractivity contribution >= 4 is 23.4 Å². The molecule has 0 aliphatic carbocycles. The predicted octanol–water partition coefficient (Wildman–Crippen LogP) is 2.49. The summed E-state index contributed by atoms with van der Waals surface area (Å²) in [7, 11) is -5.95. The molecule has 1 aromatic rings. The molecular formula is C12H20O3SSi. The lowest BCUT2D eigenvalue weighted by atomic mass is 10.2. The summed E-state index contributed by atoms with van der Waals surface area (Å²) in [4.78, 5) is 0.105. The highest BCUT2D eigenvalue weighted by molar-refractivity contribution is 7.86. The SMILES string of the molecule is CC[Si](C)(C)c1c(C)cc(C)cc1S(=O)(=O)O. The van der Waals surface area contributed by atoms with Gasteiger partial charge >= 0.3 is 0 Å². The molecule has 0 aromatic heterocycles. The third kappa shape index (κ3) is 2.97. The summed E-state index contributed by atoms with van der Waals surface area (Å²) in [5, 5.41) is 0.855. The Morgan fingerprint density at radius 3 is 2.18 bits per heavy atom. The molecule has 5 heteroatoms. The molecule has 0 atom stereocenters. The van der Waals surface area contributed by atoms with E-state index in [4.69, 9.17) is 0 Å². The fourth-order valence-electron chi connectivity index (χ4n) is 2.18. The van der Waals surface area contributed by atoms with Crippen LogP contribution in [0.1, 0.15) is 18.1 Å². The van der Waals surface area contributed by atoms with Crippen molar-refractivity contribution < 1.29 is 13.0 Å². The first-order chi connectivity index (χ1) is 7.59. The average molecular weight is 272 g/mol. The summed E-state index contributed by atoms with van der Waals surface area (Å²) in [6, 6.07) is 4.50. The van der Waals surface area contributed by atoms with Gasteiger partial charge in [0.1, 0.15) is 0 Å². The summed E-state index contributed by atoms with van der Waals surface area (Å²) < 4.78 is 32.4. The van der Waals surface area contributed by atoms with Gasteiger partial charge in [0.05, 0.1) is 13.0 Å². The minimum atomic E-state index is -4.14. The Hall–Kier alpha value is -0.653. The molecule has 0 radical (unpaired) electrons. The molecule has 3 nitrogen and oxygen atoms in total. The molecule has 0 saturated carbocycles. The van der Waals surface area contributed by atoms with Crippen molar-refractivity contribution in [2.45, 2.75) is 44.8 Å². The van der Waals surface area contributed by atoms with E-state index in [1.165, 1.54) is 0 Å². The van der Waals surface area contributed by atoms with Crippen molar-refractivity contribution in [1.82, 2.24) is 0 Å². The summed E-state index contributed by atoms with van der Waals surface area (Å²) in [6.07, 6.45) is 0. The van der Waals surface area contributed by atoms with E-state index in [9.17, 15) is 13.0 Å². The van der Waals surface area contributed by atoms with Crippen molar-refractivity contribution in [3.63, 3.8) is 0 Å². The fraction of sp³-hybridized carbons (Fsp3) is 0.500. The van der Waals surface area contributed by atoms with Gasteiger partial charge < -0.3 is 0 Å². The minimum Gasteiger partial charge on any atom is -0.282 e. The maximum atomic E-state index is 11.5. The molecule has 0 aliphatic heterocycles. The number of aryl methyl sites for hydroxylation is 2. The van der Waals surface area contributed by atoms with Crippen LogP contribution in [0, 0.1) is 13.8 Å². The molecule has 0 bridgehead atoms. The lowest BCUT2D eigenvalue weighted by Gasteiger charge is -2.26. The third-order valence-electron chi connectivity index (χ3n) is 3.28. The number of hydrogen-bond acceptors (Lipinski definition) is 2. The van der Waals surface area contributed by atoms with E-state index in [-0.39, 0.29) is 4.90 Å². The first-order valence-corrected chi connectivity index (χ1v) is 10.3. The Balaban J connectivity index is 3.70. The molecule has 96 valence electrons. The smallest absolute Gasteiger partial charge is 0.282 e. The van der Waals surface area contributed by atoms with Crippen molar-refractivity contribution in [2.24, 2.45) is 0 Å². The van der Waals surface area contributed by atoms with E-state index in [0.717, 1.165) is 22.4 Å². The van der Waals surface area contributed by atoms with E-state index < -0.39 is 18.2 Å². The van der Waals surface area contributed by atoms with Crippen LogP contribution in [0.15, 0.2) is 17.0 Å². The van der Waals surface area contributed by atoms with Crippen LogP contribution in [-0.2, 0) is 10.1 Å². The van der Waals surface area contributed by atoms with Gasteiger partial charge in [-0.05, 0) is 30.7 Å². The Kier molecular flexibility index (Phi) is 3.86. The van der Waals surface area contributed by atoms with Crippen LogP contribution < -0.4 is 5.19 Å². The zero-order chi connectivity index (χ0) is 13.4. The monoisotopic (exact) mass is 272 g/mol. The minimum absolute atomic E-state index is 0.105. The lowest BCUT2D eigenvalue weighted by Crippen LogP contribution is -2.45. The summed E-state index contributed by atoms with van der Waals surface area (Å²) in [6.45, 7) is 10.1. The van der Waals surface area contributed by atoms with Crippen molar-refractivity contribution in [1.29, 1.82) is 0 Å². The normalized spacial score (nSPS) is 12.8. The fourth-order valence-corrected chi connectivity index (χ4v) is 6.38. The molecule has 0 aliphatic rings. The highest BCUT2D eigenvalue weighted by Gasteiger charge is 2.30. The van der Waals surface area contributed by atoms with Gasteiger partial charge in [-0.2, -0.15) is 8.42 Å². The Morgan fingerprint density at radius 1 is 1.24 bits per heavy atom. The Labute approximate surface area is 105 Å². The topological polar surface area (TPSA) is 54.4 Å². The predicted molar refractivity (Wildman–Crippen MR) is 73.3 cm³/mol. The zero-order valence-corrected chi connectivity index (χ0v) is 12.9. The second-order valence-corrected chi connectivity index (χ2v) is 11.5. The van der Waals surface area contributed by atoms with Crippen molar-refractivity contribution in [3.05, 3.63) is 23.3 Å². The summed E-state index contributed by atoms with van der Waals surface area (Å²) in [5.41, 5.74) is 1.83. The van der Waals surface area contributed by atoms with Gasteiger partial charge in [-0.1, -0.05) is 37.7 Å². The largest absolute Gasteiger partial charge is 0.294 e. The molecule has 0 spiro atoms. The highest BCUT2D eigenvalue weighted by atomic mass is 32.2. The molecule has 0 unspecified atom stereocenters. The van der Waals surface area contributed by atoms with Crippen LogP contribution in [0.25, 0.3) is 0 Å². The second kappa shape index (κ2) is 4.55. The van der Waals surface area contributed by atoms with E-state index >= 15 is 0 Å². The van der Waals surface area contributed by atoms with Crippen molar-refractivity contribution in [2.75, 3.05) is 0 Å². The van der Waals surface area contributed by atoms with E-state index in [0.29, 0.717) is 0 Å². The zero-order valence-electron chi connectivity index (χ0n) is 11.0. The van der Waals surface area contributed by atoms with E-state index in [1.54, 1.807) is 6.07 Å². The van der Waals surface area contributed by atoms with Crippen LogP contribution >= 0.6 is 0 Å². The third-order valence-corrected chi connectivity index (χ3v) is 8.13.